The lowest BCUT2D eigenvalue weighted by Gasteiger charge is -1.95. The third kappa shape index (κ3) is 9.59. The van der Waals surface area contributed by atoms with Crippen molar-refractivity contribution in [1.82, 2.24) is 0 Å². The van der Waals surface area contributed by atoms with Gasteiger partial charge in [-0.15, -0.1) is 0 Å². The van der Waals surface area contributed by atoms with E-state index in [1.807, 2.05) is 0 Å². The molecule has 16 heavy (non-hydrogen) atoms. The second kappa shape index (κ2) is 10.6. The van der Waals surface area contributed by atoms with E-state index in [0.717, 1.165) is 12.8 Å². The molecule has 0 N–H and O–H groups in total. The zero-order valence-corrected chi connectivity index (χ0v) is 10.6. The molecule has 0 aromatic heterocycles. The summed E-state index contributed by atoms with van der Waals surface area (Å²) in [5.41, 5.74) is 0. The normalized spacial score (nSPS) is 12.0. The van der Waals surface area contributed by atoms with E-state index in [-0.39, 0.29) is 0 Å². The Kier molecular flexibility index (Phi) is 9.92. The maximum Gasteiger partial charge on any atom is 0.0621 e. The molecule has 0 aliphatic carbocycles. The fourth-order valence-electron chi connectivity index (χ4n) is 1.02. The van der Waals surface area contributed by atoms with E-state index in [1.54, 1.807) is 12.2 Å². The highest BCUT2D eigenvalue weighted by atomic mass is 35.5. The van der Waals surface area contributed by atoms with Gasteiger partial charge in [-0.25, -0.2) is 0 Å². The Morgan fingerprint density at radius 1 is 0.875 bits per heavy atom. The second-order valence-electron chi connectivity index (χ2n) is 3.25. The SMILES string of the molecule is N#CCCC/C(Cl)=C/C=C(\Cl)CCCC#N. The quantitative estimate of drug-likeness (QED) is 0.493. The Balaban J connectivity index is 3.88. The van der Waals surface area contributed by atoms with Crippen molar-refractivity contribution < 1.29 is 0 Å². The number of halogens is 2. The van der Waals surface area contributed by atoms with Gasteiger partial charge in [-0.2, -0.15) is 10.5 Å². The van der Waals surface area contributed by atoms with Crippen molar-refractivity contribution >= 4 is 23.2 Å². The molecule has 0 fully saturated rings. The highest BCUT2D eigenvalue weighted by Crippen LogP contribution is 2.16. The molecule has 0 saturated heterocycles. The molecule has 0 aromatic rings. The summed E-state index contributed by atoms with van der Waals surface area (Å²) >= 11 is 11.8. The number of hydrogen-bond acceptors (Lipinski definition) is 2. The van der Waals surface area contributed by atoms with Gasteiger partial charge in [-0.05, 0) is 37.8 Å². The Bertz CT molecular complexity index is 298. The van der Waals surface area contributed by atoms with E-state index in [1.165, 1.54) is 0 Å². The minimum atomic E-state index is 0.518. The van der Waals surface area contributed by atoms with Crippen LogP contribution in [-0.4, -0.2) is 0 Å². The smallest absolute Gasteiger partial charge is 0.0621 e. The fraction of sp³-hybridized carbons (Fsp3) is 0.500. The van der Waals surface area contributed by atoms with Crippen LogP contribution < -0.4 is 0 Å². The van der Waals surface area contributed by atoms with E-state index in [4.69, 9.17) is 33.7 Å². The van der Waals surface area contributed by atoms with Crippen LogP contribution in [0.1, 0.15) is 38.5 Å². The summed E-state index contributed by atoms with van der Waals surface area (Å²) in [4.78, 5) is 0. The molecule has 4 heteroatoms. The lowest BCUT2D eigenvalue weighted by molar-refractivity contribution is 0.862. The number of nitrogens with zero attached hydrogens (tertiary/aromatic N) is 2. The van der Waals surface area contributed by atoms with Gasteiger partial charge in [0.1, 0.15) is 0 Å². The van der Waals surface area contributed by atoms with Crippen LogP contribution in [-0.2, 0) is 0 Å². The van der Waals surface area contributed by atoms with Gasteiger partial charge in [0.2, 0.25) is 0 Å². The van der Waals surface area contributed by atoms with Crippen LogP contribution in [0.3, 0.4) is 0 Å². The van der Waals surface area contributed by atoms with Crippen molar-refractivity contribution in [3.05, 3.63) is 22.2 Å². The first-order valence-corrected chi connectivity index (χ1v) is 5.91. The Morgan fingerprint density at radius 2 is 1.25 bits per heavy atom. The Hall–Kier alpha value is -0.960. The zero-order valence-electron chi connectivity index (χ0n) is 9.05. The van der Waals surface area contributed by atoms with E-state index >= 15 is 0 Å². The molecule has 0 spiro atoms. The van der Waals surface area contributed by atoms with E-state index in [9.17, 15) is 0 Å². The summed E-state index contributed by atoms with van der Waals surface area (Å²) in [7, 11) is 0. The van der Waals surface area contributed by atoms with Gasteiger partial charge < -0.3 is 0 Å². The predicted molar refractivity (Wildman–Crippen MR) is 66.8 cm³/mol. The average molecular weight is 257 g/mol. The number of rotatable bonds is 7. The molecule has 0 amide bonds. The molecule has 0 aromatic carbocycles. The predicted octanol–water partition coefficient (Wildman–Crippen LogP) is 4.62. The minimum absolute atomic E-state index is 0.518. The number of allylic oxidation sites excluding steroid dienone is 4. The summed E-state index contributed by atoms with van der Waals surface area (Å²) in [5.74, 6) is 0. The highest BCUT2D eigenvalue weighted by Gasteiger charge is 1.94. The van der Waals surface area contributed by atoms with Crippen molar-refractivity contribution in [3.63, 3.8) is 0 Å². The van der Waals surface area contributed by atoms with Crippen LogP contribution in [0.4, 0.5) is 0 Å². The standard InChI is InChI=1S/C12H14Cl2N2/c13-11(5-1-3-9-15)7-8-12(14)6-2-4-10-16/h7-8H,1-6H2/b11-7-,12-8-. The number of unbranched alkanes of at least 4 members (excludes halogenated alkanes) is 2. The number of nitriles is 2. The lowest BCUT2D eigenvalue weighted by atomic mass is 10.2. The molecule has 0 radical (unpaired) electrons. The van der Waals surface area contributed by atoms with Crippen LogP contribution in [0, 0.1) is 22.7 Å². The largest absolute Gasteiger partial charge is 0.198 e. The van der Waals surface area contributed by atoms with Gasteiger partial charge in [0.05, 0.1) is 12.1 Å². The van der Waals surface area contributed by atoms with Gasteiger partial charge in [-0.1, -0.05) is 23.2 Å². The molecular weight excluding hydrogens is 243 g/mol. The maximum absolute atomic E-state index is 8.35. The van der Waals surface area contributed by atoms with Crippen molar-refractivity contribution in [2.45, 2.75) is 38.5 Å². The lowest BCUT2D eigenvalue weighted by Crippen LogP contribution is -1.77. The first-order chi connectivity index (χ1) is 7.70. The molecular formula is C12H14Cl2N2. The summed E-state index contributed by atoms with van der Waals surface area (Å²) in [5, 5.41) is 18.1. The molecule has 0 bridgehead atoms. The third-order valence-corrected chi connectivity index (χ3v) is 2.48. The molecule has 0 unspecified atom stereocenters. The van der Waals surface area contributed by atoms with Gasteiger partial charge >= 0.3 is 0 Å². The molecule has 0 heterocycles. The summed E-state index contributed by atoms with van der Waals surface area (Å²) < 4.78 is 0. The fourth-order valence-corrected chi connectivity index (χ4v) is 1.41. The maximum atomic E-state index is 8.35. The van der Waals surface area contributed by atoms with Crippen molar-refractivity contribution in [3.8, 4) is 12.1 Å². The molecule has 0 atom stereocenters. The topological polar surface area (TPSA) is 47.6 Å². The van der Waals surface area contributed by atoms with E-state index in [0.29, 0.717) is 35.7 Å². The third-order valence-electron chi connectivity index (χ3n) is 1.85. The summed E-state index contributed by atoms with van der Waals surface area (Å²) in [6, 6.07) is 4.13. The van der Waals surface area contributed by atoms with Crippen LogP contribution in [0.5, 0.6) is 0 Å². The van der Waals surface area contributed by atoms with Crippen LogP contribution in [0.25, 0.3) is 0 Å². The first-order valence-electron chi connectivity index (χ1n) is 5.15. The minimum Gasteiger partial charge on any atom is -0.198 e. The van der Waals surface area contributed by atoms with Crippen LogP contribution >= 0.6 is 23.2 Å². The summed E-state index contributed by atoms with van der Waals surface area (Å²) in [6.45, 7) is 0. The van der Waals surface area contributed by atoms with Gasteiger partial charge in [-0.3, -0.25) is 0 Å². The average Bonchev–Trinajstić information content (AvgIpc) is 2.27. The highest BCUT2D eigenvalue weighted by molar-refractivity contribution is 6.31. The first kappa shape index (κ1) is 15.0. The van der Waals surface area contributed by atoms with Crippen LogP contribution in [0.15, 0.2) is 22.2 Å². The molecule has 0 aliphatic heterocycles. The molecule has 2 nitrogen and oxygen atoms in total. The van der Waals surface area contributed by atoms with E-state index < -0.39 is 0 Å². The van der Waals surface area contributed by atoms with Crippen LogP contribution in [0.2, 0.25) is 0 Å². The van der Waals surface area contributed by atoms with Crippen molar-refractivity contribution in [1.29, 1.82) is 10.5 Å². The molecule has 0 aliphatic rings. The van der Waals surface area contributed by atoms with Gasteiger partial charge in [0.25, 0.3) is 0 Å². The summed E-state index contributed by atoms with van der Waals surface area (Å²) in [6.07, 6.45) is 7.49. The Morgan fingerprint density at radius 3 is 1.56 bits per heavy atom. The van der Waals surface area contributed by atoms with Gasteiger partial charge in [0.15, 0.2) is 0 Å². The van der Waals surface area contributed by atoms with Gasteiger partial charge in [0, 0.05) is 22.9 Å². The number of hydrogen-bond donors (Lipinski definition) is 0. The zero-order chi connectivity index (χ0) is 12.2. The van der Waals surface area contributed by atoms with E-state index in [2.05, 4.69) is 12.1 Å². The Labute approximate surface area is 107 Å². The molecule has 0 rings (SSSR count). The molecule has 0 saturated carbocycles. The second-order valence-corrected chi connectivity index (χ2v) is 4.22. The monoisotopic (exact) mass is 256 g/mol. The molecule has 86 valence electrons. The van der Waals surface area contributed by atoms with Crippen molar-refractivity contribution in [2.75, 3.05) is 0 Å². The van der Waals surface area contributed by atoms with Crippen molar-refractivity contribution in [2.24, 2.45) is 0 Å².